The number of rotatable bonds is 4. The van der Waals surface area contributed by atoms with Gasteiger partial charge in [0.05, 0.1) is 27.6 Å². The summed E-state index contributed by atoms with van der Waals surface area (Å²) in [6.45, 7) is -0.444. The lowest BCUT2D eigenvalue weighted by atomic mass is 9.80. The summed E-state index contributed by atoms with van der Waals surface area (Å²) >= 11 is 11.9. The van der Waals surface area contributed by atoms with Crippen LogP contribution in [0.3, 0.4) is 0 Å². The highest BCUT2D eigenvalue weighted by Gasteiger charge is 2.64. The first-order valence-corrected chi connectivity index (χ1v) is 8.82. The Hall–Kier alpha value is -1.79. The van der Waals surface area contributed by atoms with Gasteiger partial charge in [-0.25, -0.2) is 0 Å². The molecule has 1 amide bonds. The van der Waals surface area contributed by atoms with Crippen LogP contribution in [0.2, 0.25) is 10.0 Å². The van der Waals surface area contributed by atoms with E-state index in [1.807, 2.05) is 0 Å². The highest BCUT2D eigenvalue weighted by molar-refractivity contribution is 6.44. The molecule has 25 heavy (non-hydrogen) atoms. The summed E-state index contributed by atoms with van der Waals surface area (Å²) < 4.78 is 10.4. The van der Waals surface area contributed by atoms with E-state index in [2.05, 4.69) is 5.32 Å². The molecule has 132 valence electrons. The summed E-state index contributed by atoms with van der Waals surface area (Å²) in [5.74, 6) is -2.04. The molecule has 4 rings (SSSR count). The van der Waals surface area contributed by atoms with E-state index in [1.165, 1.54) is 0 Å². The zero-order valence-corrected chi connectivity index (χ0v) is 14.5. The van der Waals surface area contributed by atoms with Gasteiger partial charge >= 0.3 is 11.9 Å². The number of fused-ring (bicyclic) bond motifs is 1. The average molecular weight is 384 g/mol. The molecule has 0 aromatic heterocycles. The van der Waals surface area contributed by atoms with Crippen LogP contribution in [0.5, 0.6) is 0 Å². The van der Waals surface area contributed by atoms with E-state index in [1.54, 1.807) is 18.2 Å². The normalized spacial score (nSPS) is 31.8. The lowest BCUT2D eigenvalue weighted by molar-refractivity contribution is -0.157. The molecule has 5 atom stereocenters. The topological polar surface area (TPSA) is 81.7 Å². The molecule has 1 saturated heterocycles. The van der Waals surface area contributed by atoms with Gasteiger partial charge in [0.25, 0.3) is 5.91 Å². The van der Waals surface area contributed by atoms with E-state index < -0.39 is 30.3 Å². The Morgan fingerprint density at radius 2 is 2.08 bits per heavy atom. The van der Waals surface area contributed by atoms with Gasteiger partial charge in [-0.1, -0.05) is 29.3 Å². The van der Waals surface area contributed by atoms with Crippen LogP contribution in [-0.2, 0) is 23.9 Å². The third kappa shape index (κ3) is 2.77. The van der Waals surface area contributed by atoms with Crippen molar-refractivity contribution in [3.05, 3.63) is 28.2 Å². The fourth-order valence-corrected chi connectivity index (χ4v) is 4.69. The van der Waals surface area contributed by atoms with E-state index in [0.29, 0.717) is 17.1 Å². The van der Waals surface area contributed by atoms with Gasteiger partial charge in [-0.05, 0) is 30.9 Å². The summed E-state index contributed by atoms with van der Waals surface area (Å²) in [6.07, 6.45) is 1.47. The van der Waals surface area contributed by atoms with E-state index in [9.17, 15) is 14.4 Å². The second kappa shape index (κ2) is 6.18. The average Bonchev–Trinajstić information content (AvgIpc) is 3.19. The summed E-state index contributed by atoms with van der Waals surface area (Å²) in [6, 6.07) is 4.84. The number of anilines is 1. The summed E-state index contributed by atoms with van der Waals surface area (Å²) in [5.41, 5.74) is 0.345. The second-order valence-corrected chi connectivity index (χ2v) is 7.46. The van der Waals surface area contributed by atoms with Crippen LogP contribution >= 0.6 is 23.2 Å². The summed E-state index contributed by atoms with van der Waals surface area (Å²) in [4.78, 5) is 36.3. The molecule has 1 heterocycles. The lowest BCUT2D eigenvalue weighted by Gasteiger charge is -2.22. The van der Waals surface area contributed by atoms with Crippen molar-refractivity contribution in [1.29, 1.82) is 0 Å². The first-order valence-electron chi connectivity index (χ1n) is 8.06. The highest BCUT2D eigenvalue weighted by atomic mass is 35.5. The molecule has 1 aliphatic heterocycles. The van der Waals surface area contributed by atoms with Crippen molar-refractivity contribution < 1.29 is 23.9 Å². The zero-order valence-electron chi connectivity index (χ0n) is 13.0. The predicted octanol–water partition coefficient (Wildman–Crippen LogP) is 2.67. The Morgan fingerprint density at radius 3 is 2.88 bits per heavy atom. The third-order valence-electron chi connectivity index (χ3n) is 5.33. The van der Waals surface area contributed by atoms with Crippen molar-refractivity contribution in [1.82, 2.24) is 0 Å². The largest absolute Gasteiger partial charge is 0.462 e. The zero-order chi connectivity index (χ0) is 17.7. The second-order valence-electron chi connectivity index (χ2n) is 6.68. The Bertz CT molecular complexity index is 765. The van der Waals surface area contributed by atoms with Crippen LogP contribution < -0.4 is 5.32 Å². The number of carbonyl (C=O) groups is 3. The van der Waals surface area contributed by atoms with Crippen LogP contribution in [0.1, 0.15) is 12.8 Å². The standard InChI is InChI=1S/C17H15Cl2NO5/c18-9-2-1-3-10(15(9)19)20-12(21)6-24-16(22)13-7-4-8-11(5-7)25-17(23)14(8)13/h1-3,7-8,11,13-14H,4-6H2,(H,20,21)/t7-,8+,11-,13-,14-/m1/s1. The lowest BCUT2D eigenvalue weighted by Crippen LogP contribution is -2.35. The number of amides is 1. The van der Waals surface area contributed by atoms with Crippen LogP contribution in [0.15, 0.2) is 18.2 Å². The number of esters is 2. The maximum absolute atomic E-state index is 12.4. The van der Waals surface area contributed by atoms with Crippen LogP contribution in [0.25, 0.3) is 0 Å². The molecule has 0 spiro atoms. The maximum atomic E-state index is 12.4. The summed E-state index contributed by atoms with van der Waals surface area (Å²) in [7, 11) is 0. The van der Waals surface area contributed by atoms with Gasteiger partial charge in [0, 0.05) is 5.92 Å². The van der Waals surface area contributed by atoms with Gasteiger partial charge in [0.15, 0.2) is 6.61 Å². The molecule has 1 aromatic rings. The highest BCUT2D eigenvalue weighted by Crippen LogP contribution is 2.57. The van der Waals surface area contributed by atoms with Crippen LogP contribution in [0, 0.1) is 23.7 Å². The molecule has 1 N–H and O–H groups in total. The molecule has 3 fully saturated rings. The minimum atomic E-state index is -0.521. The third-order valence-corrected chi connectivity index (χ3v) is 6.15. The van der Waals surface area contributed by atoms with Gasteiger partial charge in [-0.2, -0.15) is 0 Å². The fourth-order valence-electron chi connectivity index (χ4n) is 4.34. The number of nitrogens with one attached hydrogen (secondary N) is 1. The smallest absolute Gasteiger partial charge is 0.310 e. The number of halogens is 2. The molecule has 2 bridgehead atoms. The van der Waals surface area contributed by atoms with Crippen LogP contribution in [0.4, 0.5) is 5.69 Å². The van der Waals surface area contributed by atoms with Crippen LogP contribution in [-0.4, -0.2) is 30.6 Å². The van der Waals surface area contributed by atoms with E-state index in [0.717, 1.165) is 6.42 Å². The van der Waals surface area contributed by atoms with Gasteiger partial charge < -0.3 is 14.8 Å². The monoisotopic (exact) mass is 383 g/mol. The number of ether oxygens (including phenoxy) is 2. The van der Waals surface area contributed by atoms with Gasteiger partial charge in [-0.3, -0.25) is 14.4 Å². The van der Waals surface area contributed by atoms with Gasteiger partial charge in [-0.15, -0.1) is 0 Å². The van der Waals surface area contributed by atoms with Crippen molar-refractivity contribution >= 4 is 46.7 Å². The Labute approximate surface area is 153 Å². The molecular formula is C17H15Cl2NO5. The SMILES string of the molecule is O=C(COC(=O)[C@@H]1[C@@H]2C[C@@H]3[C@H]1C(=O)O[C@@H]3C2)Nc1cccc(Cl)c1Cl. The van der Waals surface area contributed by atoms with Crippen molar-refractivity contribution in [2.45, 2.75) is 18.9 Å². The maximum Gasteiger partial charge on any atom is 0.310 e. The molecule has 2 aliphatic carbocycles. The van der Waals surface area contributed by atoms with Crippen molar-refractivity contribution in [2.24, 2.45) is 23.7 Å². The number of hydrogen-bond acceptors (Lipinski definition) is 5. The first-order chi connectivity index (χ1) is 12.0. The Morgan fingerprint density at radius 1 is 1.28 bits per heavy atom. The number of benzene rings is 1. The molecule has 3 aliphatic rings. The molecule has 6 nitrogen and oxygen atoms in total. The fraction of sp³-hybridized carbons (Fsp3) is 0.471. The van der Waals surface area contributed by atoms with Gasteiger partial charge in [0.2, 0.25) is 0 Å². The van der Waals surface area contributed by atoms with E-state index in [4.69, 9.17) is 32.7 Å². The molecule has 2 saturated carbocycles. The predicted molar refractivity (Wildman–Crippen MR) is 89.1 cm³/mol. The minimum Gasteiger partial charge on any atom is -0.462 e. The molecule has 8 heteroatoms. The Kier molecular flexibility index (Phi) is 4.12. The quantitative estimate of drug-likeness (QED) is 0.808. The molecule has 0 radical (unpaired) electrons. The molecule has 0 unspecified atom stereocenters. The Balaban J connectivity index is 1.35. The summed E-state index contributed by atoms with van der Waals surface area (Å²) in [5, 5.41) is 3.08. The number of hydrogen-bond donors (Lipinski definition) is 1. The number of carbonyl (C=O) groups excluding carboxylic acids is 3. The van der Waals surface area contributed by atoms with Gasteiger partial charge in [0.1, 0.15) is 6.10 Å². The van der Waals surface area contributed by atoms with E-state index >= 15 is 0 Å². The van der Waals surface area contributed by atoms with Crippen molar-refractivity contribution in [3.8, 4) is 0 Å². The first kappa shape index (κ1) is 16.7. The molecule has 1 aromatic carbocycles. The van der Waals surface area contributed by atoms with E-state index in [-0.39, 0.29) is 28.9 Å². The molecular weight excluding hydrogens is 369 g/mol. The van der Waals surface area contributed by atoms with Crippen molar-refractivity contribution in [2.75, 3.05) is 11.9 Å². The minimum absolute atomic E-state index is 0.0418. The van der Waals surface area contributed by atoms with Crippen molar-refractivity contribution in [3.63, 3.8) is 0 Å².